The molecule has 0 spiro atoms. The van der Waals surface area contributed by atoms with E-state index in [9.17, 15) is 4.79 Å². The number of hydrogen-bond donors (Lipinski definition) is 0. The van der Waals surface area contributed by atoms with Crippen molar-refractivity contribution in [2.45, 2.75) is 57.7 Å². The summed E-state index contributed by atoms with van der Waals surface area (Å²) in [7, 11) is 0. The number of carbonyl (C=O) groups is 1. The van der Waals surface area contributed by atoms with Crippen molar-refractivity contribution in [2.24, 2.45) is 0 Å². The van der Waals surface area contributed by atoms with Crippen molar-refractivity contribution < 1.29 is 14.3 Å². The fourth-order valence-electron chi connectivity index (χ4n) is 4.28. The average Bonchev–Trinajstić information content (AvgIpc) is 2.72. The first-order valence-corrected chi connectivity index (χ1v) is 10.8. The number of nitrogens with zero attached hydrogens (tertiary/aromatic N) is 1. The van der Waals surface area contributed by atoms with Gasteiger partial charge in [0.2, 0.25) is 0 Å². The largest absolute Gasteiger partial charge is 0.445 e. The van der Waals surface area contributed by atoms with Crippen molar-refractivity contribution in [1.29, 1.82) is 0 Å². The summed E-state index contributed by atoms with van der Waals surface area (Å²) in [5.41, 5.74) is 5.20. The first-order chi connectivity index (χ1) is 14.4. The van der Waals surface area contributed by atoms with Gasteiger partial charge in [0, 0.05) is 0 Å². The van der Waals surface area contributed by atoms with Crippen LogP contribution in [0.4, 0.5) is 4.79 Å². The molecule has 0 radical (unpaired) electrons. The first kappa shape index (κ1) is 20.7. The Bertz CT molecular complexity index is 896. The minimum absolute atomic E-state index is 0.0425. The van der Waals surface area contributed by atoms with E-state index in [1.165, 1.54) is 16.7 Å². The van der Waals surface area contributed by atoms with Gasteiger partial charge in [0.15, 0.2) is 0 Å². The van der Waals surface area contributed by atoms with Gasteiger partial charge in [-0.1, -0.05) is 87.0 Å². The van der Waals surface area contributed by atoms with E-state index in [0.29, 0.717) is 19.8 Å². The smallest absolute Gasteiger partial charge is 0.411 e. The molecular formula is C26H31NO3. The van der Waals surface area contributed by atoms with Gasteiger partial charge in [-0.05, 0) is 34.9 Å². The van der Waals surface area contributed by atoms with Crippen LogP contribution in [0.25, 0.3) is 0 Å². The van der Waals surface area contributed by atoms with Crippen LogP contribution < -0.4 is 0 Å². The second-order valence-electron chi connectivity index (χ2n) is 9.36. The Morgan fingerprint density at radius 3 is 2.43 bits per heavy atom. The third-order valence-electron chi connectivity index (χ3n) is 5.94. The summed E-state index contributed by atoms with van der Waals surface area (Å²) in [6.45, 7) is 8.10. The van der Waals surface area contributed by atoms with Gasteiger partial charge in [0.05, 0.1) is 25.3 Å². The standard InChI is InChI=1S/C26H31NO3/c1-26(2,3)22-11-9-19(10-12-22)13-21-14-23-17-29-18-24(15-21)27(23)25(28)30-16-20-7-5-4-6-8-20/h4-12,14,23-24H,13,15-18H2,1-3H3. The molecule has 2 aromatic carbocycles. The summed E-state index contributed by atoms with van der Waals surface area (Å²) < 4.78 is 11.3. The van der Waals surface area contributed by atoms with Crippen molar-refractivity contribution in [3.05, 3.63) is 82.9 Å². The lowest BCUT2D eigenvalue weighted by molar-refractivity contribution is -0.0374. The zero-order valence-corrected chi connectivity index (χ0v) is 18.1. The topological polar surface area (TPSA) is 38.8 Å². The number of fused-ring (bicyclic) bond motifs is 2. The van der Waals surface area contributed by atoms with Gasteiger partial charge in [0.25, 0.3) is 0 Å². The Morgan fingerprint density at radius 1 is 1.03 bits per heavy atom. The van der Waals surface area contributed by atoms with Gasteiger partial charge in [-0.25, -0.2) is 4.79 Å². The maximum atomic E-state index is 12.8. The van der Waals surface area contributed by atoms with Gasteiger partial charge < -0.3 is 9.47 Å². The third kappa shape index (κ3) is 4.76. The van der Waals surface area contributed by atoms with Gasteiger partial charge in [-0.3, -0.25) is 4.90 Å². The SMILES string of the molecule is CC(C)(C)c1ccc(CC2=CC3COCC(C2)N3C(=O)OCc2ccccc2)cc1. The van der Waals surface area contributed by atoms with Crippen LogP contribution in [-0.4, -0.2) is 36.3 Å². The lowest BCUT2D eigenvalue weighted by atomic mass is 9.85. The number of hydrogen-bond acceptors (Lipinski definition) is 3. The highest BCUT2D eigenvalue weighted by atomic mass is 16.6. The number of morpholine rings is 1. The number of benzene rings is 2. The van der Waals surface area contributed by atoms with Crippen LogP contribution in [0.15, 0.2) is 66.2 Å². The summed E-state index contributed by atoms with van der Waals surface area (Å²) >= 11 is 0. The fraction of sp³-hybridized carbons (Fsp3) is 0.423. The molecular weight excluding hydrogens is 374 g/mol. The van der Waals surface area contributed by atoms with Crippen LogP contribution in [0.5, 0.6) is 0 Å². The number of rotatable bonds is 4. The lowest BCUT2D eigenvalue weighted by Crippen LogP contribution is -2.56. The van der Waals surface area contributed by atoms with Crippen molar-refractivity contribution >= 4 is 6.09 Å². The molecule has 1 amide bonds. The van der Waals surface area contributed by atoms with Crippen molar-refractivity contribution in [3.63, 3.8) is 0 Å². The zero-order valence-electron chi connectivity index (χ0n) is 18.1. The molecule has 2 aliphatic heterocycles. The van der Waals surface area contributed by atoms with Crippen molar-refractivity contribution in [1.82, 2.24) is 4.90 Å². The van der Waals surface area contributed by atoms with E-state index in [2.05, 4.69) is 51.1 Å². The molecule has 0 aromatic heterocycles. The number of carbonyl (C=O) groups excluding carboxylic acids is 1. The molecule has 1 saturated heterocycles. The Hall–Kier alpha value is -2.59. The van der Waals surface area contributed by atoms with Crippen LogP contribution in [0.2, 0.25) is 0 Å². The molecule has 2 aromatic rings. The molecule has 30 heavy (non-hydrogen) atoms. The maximum absolute atomic E-state index is 12.8. The molecule has 1 fully saturated rings. The molecule has 2 unspecified atom stereocenters. The van der Waals surface area contributed by atoms with Crippen molar-refractivity contribution in [2.75, 3.05) is 13.2 Å². The Labute approximate surface area is 179 Å². The monoisotopic (exact) mass is 405 g/mol. The van der Waals surface area contributed by atoms with E-state index >= 15 is 0 Å². The predicted molar refractivity (Wildman–Crippen MR) is 118 cm³/mol. The fourth-order valence-corrected chi connectivity index (χ4v) is 4.28. The zero-order chi connectivity index (χ0) is 21.1. The highest BCUT2D eigenvalue weighted by Gasteiger charge is 2.38. The summed E-state index contributed by atoms with van der Waals surface area (Å²) in [6.07, 6.45) is 3.71. The molecule has 158 valence electrons. The second-order valence-corrected chi connectivity index (χ2v) is 9.36. The average molecular weight is 406 g/mol. The Kier molecular flexibility index (Phi) is 5.96. The third-order valence-corrected chi connectivity index (χ3v) is 5.94. The van der Waals surface area contributed by atoms with Gasteiger partial charge in [-0.15, -0.1) is 0 Å². The minimum Gasteiger partial charge on any atom is -0.445 e. The molecule has 0 aliphatic carbocycles. The van der Waals surface area contributed by atoms with E-state index in [1.54, 1.807) is 0 Å². The lowest BCUT2D eigenvalue weighted by Gasteiger charge is -2.43. The van der Waals surface area contributed by atoms with Crippen LogP contribution in [0.3, 0.4) is 0 Å². The van der Waals surface area contributed by atoms with Gasteiger partial charge in [-0.2, -0.15) is 0 Å². The molecule has 4 nitrogen and oxygen atoms in total. The van der Waals surface area contributed by atoms with Crippen LogP contribution in [-0.2, 0) is 27.9 Å². The normalized spacial score (nSPS) is 21.2. The van der Waals surface area contributed by atoms with Gasteiger partial charge >= 0.3 is 6.09 Å². The molecule has 2 bridgehead atoms. The number of amides is 1. The molecule has 4 heteroatoms. The predicted octanol–water partition coefficient (Wildman–Crippen LogP) is 5.26. The Balaban J connectivity index is 1.42. The van der Waals surface area contributed by atoms with E-state index in [4.69, 9.17) is 9.47 Å². The maximum Gasteiger partial charge on any atom is 0.411 e. The van der Waals surface area contributed by atoms with Crippen LogP contribution >= 0.6 is 0 Å². The molecule has 2 atom stereocenters. The van der Waals surface area contributed by atoms with E-state index < -0.39 is 0 Å². The molecule has 2 aliphatic rings. The summed E-state index contributed by atoms with van der Waals surface area (Å²) in [4.78, 5) is 14.7. The summed E-state index contributed by atoms with van der Waals surface area (Å²) in [6, 6.07) is 18.7. The molecule has 4 rings (SSSR count). The summed E-state index contributed by atoms with van der Waals surface area (Å²) in [5, 5.41) is 0. The second kappa shape index (κ2) is 8.65. The van der Waals surface area contributed by atoms with E-state index in [-0.39, 0.29) is 23.6 Å². The number of ether oxygens (including phenoxy) is 2. The molecule has 0 saturated carbocycles. The van der Waals surface area contributed by atoms with Gasteiger partial charge in [0.1, 0.15) is 6.61 Å². The Morgan fingerprint density at radius 2 is 1.77 bits per heavy atom. The van der Waals surface area contributed by atoms with E-state index in [0.717, 1.165) is 18.4 Å². The van der Waals surface area contributed by atoms with Crippen LogP contribution in [0, 0.1) is 0 Å². The van der Waals surface area contributed by atoms with E-state index in [1.807, 2.05) is 35.2 Å². The molecule has 2 heterocycles. The minimum atomic E-state index is -0.248. The highest BCUT2D eigenvalue weighted by molar-refractivity contribution is 5.69. The highest BCUT2D eigenvalue weighted by Crippen LogP contribution is 2.30. The van der Waals surface area contributed by atoms with Crippen LogP contribution in [0.1, 0.15) is 43.9 Å². The summed E-state index contributed by atoms with van der Waals surface area (Å²) in [5.74, 6) is 0. The van der Waals surface area contributed by atoms with Crippen molar-refractivity contribution in [3.8, 4) is 0 Å². The quantitative estimate of drug-likeness (QED) is 0.651. The first-order valence-electron chi connectivity index (χ1n) is 10.8. The molecule has 0 N–H and O–H groups in total.